The lowest BCUT2D eigenvalue weighted by atomic mass is 10.1. The molecule has 0 bridgehead atoms. The number of hydrogen-bond donors (Lipinski definition) is 2. The van der Waals surface area contributed by atoms with Crippen LogP contribution in [0.2, 0.25) is 0 Å². The summed E-state index contributed by atoms with van der Waals surface area (Å²) < 4.78 is 27.3. The van der Waals surface area contributed by atoms with Crippen molar-refractivity contribution in [1.29, 1.82) is 0 Å². The Balaban J connectivity index is 2.10. The predicted molar refractivity (Wildman–Crippen MR) is 79.9 cm³/mol. The molecule has 5 nitrogen and oxygen atoms in total. The van der Waals surface area contributed by atoms with Crippen molar-refractivity contribution in [2.75, 3.05) is 20.1 Å². The van der Waals surface area contributed by atoms with E-state index in [1.54, 1.807) is 18.2 Å². The molecule has 6 heteroatoms. The van der Waals surface area contributed by atoms with Crippen molar-refractivity contribution >= 4 is 10.0 Å². The van der Waals surface area contributed by atoms with E-state index in [2.05, 4.69) is 9.62 Å². The van der Waals surface area contributed by atoms with Crippen LogP contribution in [0.4, 0.5) is 0 Å². The van der Waals surface area contributed by atoms with E-state index in [4.69, 9.17) is 5.73 Å². The van der Waals surface area contributed by atoms with Gasteiger partial charge in [0.2, 0.25) is 10.0 Å². The molecule has 1 heterocycles. The number of hydrogen-bond acceptors (Lipinski definition) is 4. The summed E-state index contributed by atoms with van der Waals surface area (Å²) in [6.45, 7) is 3.78. The van der Waals surface area contributed by atoms with Gasteiger partial charge in [-0.25, -0.2) is 13.1 Å². The monoisotopic (exact) mass is 297 g/mol. The number of likely N-dealkylation sites (N-methyl/N-ethyl adjacent to an activating group) is 1. The third-order valence-corrected chi connectivity index (χ3v) is 5.45. The van der Waals surface area contributed by atoms with Gasteiger partial charge >= 0.3 is 0 Å². The molecule has 3 N–H and O–H groups in total. The van der Waals surface area contributed by atoms with Crippen LogP contribution in [0.15, 0.2) is 23.1 Å². The smallest absolute Gasteiger partial charge is 0.240 e. The number of nitrogens with two attached hydrogens (primary N) is 1. The lowest BCUT2D eigenvalue weighted by Gasteiger charge is -2.19. The van der Waals surface area contributed by atoms with Crippen molar-refractivity contribution in [3.63, 3.8) is 0 Å². The van der Waals surface area contributed by atoms with E-state index < -0.39 is 10.0 Å². The van der Waals surface area contributed by atoms with E-state index in [1.807, 2.05) is 14.0 Å². The number of benzene rings is 1. The maximum absolute atomic E-state index is 12.3. The summed E-state index contributed by atoms with van der Waals surface area (Å²) in [5, 5.41) is 0. The molecule has 1 fully saturated rings. The number of nitrogens with one attached hydrogen (secondary N) is 1. The van der Waals surface area contributed by atoms with Gasteiger partial charge in [0.25, 0.3) is 0 Å². The van der Waals surface area contributed by atoms with E-state index in [-0.39, 0.29) is 0 Å². The molecule has 20 heavy (non-hydrogen) atoms. The maximum Gasteiger partial charge on any atom is 0.240 e. The largest absolute Gasteiger partial charge is 0.326 e. The number of aryl methyl sites for hydroxylation is 1. The molecule has 1 aromatic rings. The van der Waals surface area contributed by atoms with Gasteiger partial charge in [0, 0.05) is 19.1 Å². The maximum atomic E-state index is 12.3. The second-order valence-electron chi connectivity index (χ2n) is 5.42. The molecule has 2 rings (SSSR count). The molecular weight excluding hydrogens is 274 g/mol. The van der Waals surface area contributed by atoms with Gasteiger partial charge in [-0.3, -0.25) is 0 Å². The first kappa shape index (κ1) is 15.4. The number of rotatable bonds is 5. The van der Waals surface area contributed by atoms with Gasteiger partial charge in [0.1, 0.15) is 0 Å². The van der Waals surface area contributed by atoms with E-state index in [1.165, 1.54) is 0 Å². The van der Waals surface area contributed by atoms with Gasteiger partial charge in [-0.2, -0.15) is 0 Å². The van der Waals surface area contributed by atoms with Crippen LogP contribution < -0.4 is 10.5 Å². The average molecular weight is 297 g/mol. The van der Waals surface area contributed by atoms with Crippen molar-refractivity contribution < 1.29 is 8.42 Å². The normalized spacial score (nSPS) is 20.4. The zero-order valence-electron chi connectivity index (χ0n) is 12.1. The van der Waals surface area contributed by atoms with Gasteiger partial charge in [0.15, 0.2) is 0 Å². The second kappa shape index (κ2) is 6.22. The molecule has 112 valence electrons. The Morgan fingerprint density at radius 1 is 1.45 bits per heavy atom. The topological polar surface area (TPSA) is 75.4 Å². The van der Waals surface area contributed by atoms with Crippen LogP contribution in [0.25, 0.3) is 0 Å². The molecule has 1 saturated heterocycles. The summed E-state index contributed by atoms with van der Waals surface area (Å²) in [5.74, 6) is 0. The molecule has 1 aliphatic rings. The van der Waals surface area contributed by atoms with Crippen molar-refractivity contribution in [2.45, 2.75) is 37.2 Å². The summed E-state index contributed by atoms with van der Waals surface area (Å²) in [7, 11) is -1.42. The lowest BCUT2D eigenvalue weighted by Crippen LogP contribution is -2.38. The SMILES string of the molecule is Cc1ccc(S(=O)(=O)NCC2CCCN2C)cc1CN. The van der Waals surface area contributed by atoms with Crippen molar-refractivity contribution in [1.82, 2.24) is 9.62 Å². The summed E-state index contributed by atoms with van der Waals surface area (Å²) in [6.07, 6.45) is 2.17. The van der Waals surface area contributed by atoms with Crippen molar-refractivity contribution in [2.24, 2.45) is 5.73 Å². The fourth-order valence-corrected chi connectivity index (χ4v) is 3.68. The Morgan fingerprint density at radius 3 is 2.80 bits per heavy atom. The van der Waals surface area contributed by atoms with E-state index in [0.717, 1.165) is 30.5 Å². The quantitative estimate of drug-likeness (QED) is 0.844. The van der Waals surface area contributed by atoms with E-state index in [0.29, 0.717) is 24.0 Å². The highest BCUT2D eigenvalue weighted by Gasteiger charge is 2.23. The van der Waals surface area contributed by atoms with Crippen molar-refractivity contribution in [3.8, 4) is 0 Å². The molecule has 1 atom stereocenters. The Hall–Kier alpha value is -0.950. The Bertz CT molecular complexity index is 572. The van der Waals surface area contributed by atoms with Crippen LogP contribution in [-0.4, -0.2) is 39.5 Å². The molecule has 0 aliphatic carbocycles. The molecule has 0 radical (unpaired) electrons. The summed E-state index contributed by atoms with van der Waals surface area (Å²) in [4.78, 5) is 2.49. The Kier molecular flexibility index (Phi) is 4.80. The fourth-order valence-electron chi connectivity index (χ4n) is 2.56. The predicted octanol–water partition coefficient (Wildman–Crippen LogP) is 0.826. The third kappa shape index (κ3) is 3.38. The van der Waals surface area contributed by atoms with Crippen LogP contribution >= 0.6 is 0 Å². The van der Waals surface area contributed by atoms with Gasteiger partial charge in [0.05, 0.1) is 4.90 Å². The molecule has 1 unspecified atom stereocenters. The van der Waals surface area contributed by atoms with Crippen LogP contribution in [0.3, 0.4) is 0 Å². The summed E-state index contributed by atoms with van der Waals surface area (Å²) in [6, 6.07) is 5.40. The first-order chi connectivity index (χ1) is 9.44. The minimum atomic E-state index is -3.45. The first-order valence-corrected chi connectivity index (χ1v) is 8.42. The van der Waals surface area contributed by atoms with Gasteiger partial charge < -0.3 is 10.6 Å². The van der Waals surface area contributed by atoms with E-state index >= 15 is 0 Å². The Labute approximate surface area is 121 Å². The van der Waals surface area contributed by atoms with Crippen LogP contribution in [0, 0.1) is 6.92 Å². The van der Waals surface area contributed by atoms with Crippen LogP contribution in [0.5, 0.6) is 0 Å². The Morgan fingerprint density at radius 2 is 2.20 bits per heavy atom. The molecular formula is C14H23N3O2S. The van der Waals surface area contributed by atoms with E-state index in [9.17, 15) is 8.42 Å². The molecule has 0 spiro atoms. The highest BCUT2D eigenvalue weighted by atomic mass is 32.2. The van der Waals surface area contributed by atoms with Crippen LogP contribution in [-0.2, 0) is 16.6 Å². The van der Waals surface area contributed by atoms with Crippen molar-refractivity contribution in [3.05, 3.63) is 29.3 Å². The third-order valence-electron chi connectivity index (χ3n) is 4.03. The first-order valence-electron chi connectivity index (χ1n) is 6.93. The van der Waals surface area contributed by atoms with Gasteiger partial charge in [-0.15, -0.1) is 0 Å². The molecule has 0 amide bonds. The number of sulfonamides is 1. The molecule has 0 aromatic heterocycles. The molecule has 0 saturated carbocycles. The molecule has 1 aliphatic heterocycles. The number of nitrogens with zero attached hydrogens (tertiary/aromatic N) is 1. The summed E-state index contributed by atoms with van der Waals surface area (Å²) in [5.41, 5.74) is 7.51. The summed E-state index contributed by atoms with van der Waals surface area (Å²) >= 11 is 0. The standard InChI is InChI=1S/C14H23N3O2S/c1-11-5-6-14(8-12(11)9-15)20(18,19)16-10-13-4-3-7-17(13)2/h5-6,8,13,16H,3-4,7,9-10,15H2,1-2H3. The fraction of sp³-hybridized carbons (Fsp3) is 0.571. The van der Waals surface area contributed by atoms with Crippen LogP contribution in [0.1, 0.15) is 24.0 Å². The highest BCUT2D eigenvalue weighted by Crippen LogP contribution is 2.17. The lowest BCUT2D eigenvalue weighted by molar-refractivity contribution is 0.311. The van der Waals surface area contributed by atoms with Gasteiger partial charge in [-0.1, -0.05) is 6.07 Å². The highest BCUT2D eigenvalue weighted by molar-refractivity contribution is 7.89. The molecule has 1 aromatic carbocycles. The minimum Gasteiger partial charge on any atom is -0.326 e. The zero-order chi connectivity index (χ0) is 14.8. The minimum absolute atomic E-state index is 0.296. The number of likely N-dealkylation sites (tertiary alicyclic amines) is 1. The second-order valence-corrected chi connectivity index (χ2v) is 7.19. The van der Waals surface area contributed by atoms with Gasteiger partial charge in [-0.05, 0) is 56.6 Å². The average Bonchev–Trinajstić information content (AvgIpc) is 2.82. The zero-order valence-corrected chi connectivity index (χ0v) is 12.9.